The van der Waals surface area contributed by atoms with Gasteiger partial charge < -0.3 is 14.3 Å². The summed E-state index contributed by atoms with van der Waals surface area (Å²) in [4.78, 5) is 11.2. The molecule has 0 radical (unpaired) electrons. The van der Waals surface area contributed by atoms with Crippen LogP contribution in [0.2, 0.25) is 0 Å². The maximum atomic E-state index is 11.2. The molecular weight excluding hydrogens is 244 g/mol. The van der Waals surface area contributed by atoms with Crippen LogP contribution >= 0.6 is 0 Å². The summed E-state index contributed by atoms with van der Waals surface area (Å²) in [6.07, 6.45) is 1.86. The third-order valence-corrected chi connectivity index (χ3v) is 2.82. The van der Waals surface area contributed by atoms with Gasteiger partial charge in [-0.2, -0.15) is 0 Å². The maximum Gasteiger partial charge on any atom is 0.310 e. The number of carboxylic acid groups (broad SMARTS) is 1. The summed E-state index contributed by atoms with van der Waals surface area (Å²) >= 11 is 0. The first-order valence-corrected chi connectivity index (χ1v) is 6.10. The van der Waals surface area contributed by atoms with E-state index in [1.165, 1.54) is 6.26 Å². The minimum atomic E-state index is -0.885. The number of furan rings is 1. The summed E-state index contributed by atoms with van der Waals surface area (Å²) in [6, 6.07) is 11.1. The monoisotopic (exact) mass is 260 g/mol. The molecule has 1 N–H and O–H groups in total. The van der Waals surface area contributed by atoms with E-state index in [2.05, 4.69) is 0 Å². The molecule has 0 aliphatic rings. The van der Waals surface area contributed by atoms with Crippen LogP contribution in [0.5, 0.6) is 5.75 Å². The number of hydrogen-bond acceptors (Lipinski definition) is 3. The summed E-state index contributed by atoms with van der Waals surface area (Å²) in [5.74, 6) is -0.165. The Kier molecular flexibility index (Phi) is 4.23. The first-order valence-electron chi connectivity index (χ1n) is 6.10. The Morgan fingerprint density at radius 1 is 1.37 bits per heavy atom. The number of carboxylic acids is 1. The van der Waals surface area contributed by atoms with E-state index in [4.69, 9.17) is 9.15 Å². The Balaban J connectivity index is 1.96. The predicted octanol–water partition coefficient (Wildman–Crippen LogP) is 2.91. The maximum absolute atomic E-state index is 11.2. The van der Waals surface area contributed by atoms with E-state index in [1.807, 2.05) is 31.2 Å². The molecule has 0 aliphatic heterocycles. The molecule has 1 aromatic heterocycles. The molecule has 4 nitrogen and oxygen atoms in total. The molecule has 19 heavy (non-hydrogen) atoms. The molecule has 1 atom stereocenters. The van der Waals surface area contributed by atoms with Crippen molar-refractivity contribution >= 4 is 5.97 Å². The predicted molar refractivity (Wildman–Crippen MR) is 70.2 cm³/mol. The number of ether oxygens (including phenoxy) is 1. The number of benzene rings is 1. The lowest BCUT2D eigenvalue weighted by molar-refractivity contribution is -0.142. The first kappa shape index (κ1) is 13.2. The zero-order chi connectivity index (χ0) is 13.7. The van der Waals surface area contributed by atoms with Gasteiger partial charge in [0.25, 0.3) is 0 Å². The lowest BCUT2D eigenvalue weighted by atomic mass is 10.1. The van der Waals surface area contributed by atoms with Gasteiger partial charge in [-0.25, -0.2) is 0 Å². The second-order valence-electron chi connectivity index (χ2n) is 4.45. The highest BCUT2D eigenvalue weighted by atomic mass is 16.5. The highest BCUT2D eigenvalue weighted by Crippen LogP contribution is 2.16. The van der Waals surface area contributed by atoms with Crippen LogP contribution in [0, 0.1) is 12.8 Å². The number of aliphatic carboxylic acids is 1. The smallest absolute Gasteiger partial charge is 0.310 e. The van der Waals surface area contributed by atoms with Crippen molar-refractivity contribution in [1.82, 2.24) is 0 Å². The van der Waals surface area contributed by atoms with Gasteiger partial charge in [0.05, 0.1) is 12.2 Å². The number of carbonyl (C=O) groups is 1. The number of aryl methyl sites for hydroxylation is 1. The van der Waals surface area contributed by atoms with Gasteiger partial charge in [-0.15, -0.1) is 0 Å². The molecular formula is C15H16O4. The molecule has 1 heterocycles. The van der Waals surface area contributed by atoms with Gasteiger partial charge in [-0.3, -0.25) is 4.79 Å². The van der Waals surface area contributed by atoms with Gasteiger partial charge in [0.1, 0.15) is 18.1 Å². The van der Waals surface area contributed by atoms with Crippen LogP contribution in [0.25, 0.3) is 0 Å². The highest BCUT2D eigenvalue weighted by molar-refractivity contribution is 5.70. The summed E-state index contributed by atoms with van der Waals surface area (Å²) in [5.41, 5.74) is 1.08. The lowest BCUT2D eigenvalue weighted by Crippen LogP contribution is -2.23. The third kappa shape index (κ3) is 3.88. The van der Waals surface area contributed by atoms with E-state index in [0.29, 0.717) is 17.9 Å². The van der Waals surface area contributed by atoms with Crippen LogP contribution < -0.4 is 4.74 Å². The Bertz CT molecular complexity index is 531. The van der Waals surface area contributed by atoms with Crippen molar-refractivity contribution in [1.29, 1.82) is 0 Å². The average molecular weight is 260 g/mol. The Morgan fingerprint density at radius 2 is 2.21 bits per heavy atom. The minimum absolute atomic E-state index is 0.124. The van der Waals surface area contributed by atoms with Gasteiger partial charge >= 0.3 is 5.97 Å². The molecule has 4 heteroatoms. The molecule has 100 valence electrons. The minimum Gasteiger partial charge on any atom is -0.493 e. The lowest BCUT2D eigenvalue weighted by Gasteiger charge is -2.13. The van der Waals surface area contributed by atoms with E-state index < -0.39 is 11.9 Å². The fourth-order valence-electron chi connectivity index (χ4n) is 1.79. The van der Waals surface area contributed by atoms with Crippen LogP contribution in [0.1, 0.15) is 11.3 Å². The van der Waals surface area contributed by atoms with E-state index in [9.17, 15) is 9.90 Å². The number of hydrogen-bond donors (Lipinski definition) is 1. The van der Waals surface area contributed by atoms with Gasteiger partial charge in [-0.1, -0.05) is 12.1 Å². The third-order valence-electron chi connectivity index (χ3n) is 2.82. The van der Waals surface area contributed by atoms with Crippen LogP contribution in [0.15, 0.2) is 47.1 Å². The quantitative estimate of drug-likeness (QED) is 0.867. The topological polar surface area (TPSA) is 59.7 Å². The molecule has 0 saturated heterocycles. The average Bonchev–Trinajstić information content (AvgIpc) is 2.87. The van der Waals surface area contributed by atoms with E-state index in [-0.39, 0.29) is 6.61 Å². The summed E-state index contributed by atoms with van der Waals surface area (Å²) in [7, 11) is 0. The molecule has 0 bridgehead atoms. The van der Waals surface area contributed by atoms with Crippen LogP contribution in [0.4, 0.5) is 0 Å². The van der Waals surface area contributed by atoms with Crippen molar-refractivity contribution in [2.24, 2.45) is 5.92 Å². The van der Waals surface area contributed by atoms with Crippen LogP contribution in [0.3, 0.4) is 0 Å². The summed E-state index contributed by atoms with van der Waals surface area (Å²) < 4.78 is 10.7. The van der Waals surface area contributed by atoms with E-state index in [0.717, 1.165) is 5.56 Å². The SMILES string of the molecule is Cc1cccc(OCC(Cc2ccco2)C(=O)O)c1. The number of rotatable bonds is 6. The molecule has 0 fully saturated rings. The standard InChI is InChI=1S/C15H16O4/c1-11-4-2-5-13(8-11)19-10-12(15(16)17)9-14-6-3-7-18-14/h2-8,12H,9-10H2,1H3,(H,16,17). The van der Waals surface area contributed by atoms with Gasteiger partial charge in [0.2, 0.25) is 0 Å². The molecule has 1 aromatic carbocycles. The first-order chi connectivity index (χ1) is 9.15. The Hall–Kier alpha value is -2.23. The molecule has 0 aliphatic carbocycles. The van der Waals surface area contributed by atoms with Crippen LogP contribution in [-0.4, -0.2) is 17.7 Å². The zero-order valence-electron chi connectivity index (χ0n) is 10.7. The van der Waals surface area contributed by atoms with Crippen molar-refractivity contribution in [3.05, 3.63) is 54.0 Å². The summed E-state index contributed by atoms with van der Waals surface area (Å²) in [5, 5.41) is 9.18. The van der Waals surface area contributed by atoms with E-state index in [1.54, 1.807) is 12.1 Å². The van der Waals surface area contributed by atoms with Gasteiger partial charge in [0.15, 0.2) is 0 Å². The molecule has 0 saturated carbocycles. The molecule has 2 rings (SSSR count). The van der Waals surface area contributed by atoms with E-state index >= 15 is 0 Å². The Labute approximate surface area is 111 Å². The molecule has 2 aromatic rings. The second kappa shape index (κ2) is 6.09. The zero-order valence-corrected chi connectivity index (χ0v) is 10.7. The summed E-state index contributed by atoms with van der Waals surface area (Å²) in [6.45, 7) is 2.09. The largest absolute Gasteiger partial charge is 0.493 e. The van der Waals surface area contributed by atoms with Crippen LogP contribution in [-0.2, 0) is 11.2 Å². The Morgan fingerprint density at radius 3 is 2.84 bits per heavy atom. The van der Waals surface area contributed by atoms with Crippen molar-refractivity contribution in [2.45, 2.75) is 13.3 Å². The fraction of sp³-hybridized carbons (Fsp3) is 0.267. The van der Waals surface area contributed by atoms with Gasteiger partial charge in [0, 0.05) is 6.42 Å². The highest BCUT2D eigenvalue weighted by Gasteiger charge is 2.20. The van der Waals surface area contributed by atoms with Crippen molar-refractivity contribution in [3.63, 3.8) is 0 Å². The van der Waals surface area contributed by atoms with Crippen molar-refractivity contribution < 1.29 is 19.1 Å². The molecule has 0 amide bonds. The van der Waals surface area contributed by atoms with Crippen molar-refractivity contribution in [3.8, 4) is 5.75 Å². The van der Waals surface area contributed by atoms with Gasteiger partial charge in [-0.05, 0) is 36.8 Å². The molecule has 0 spiro atoms. The molecule has 1 unspecified atom stereocenters. The normalized spacial score (nSPS) is 12.1. The second-order valence-corrected chi connectivity index (χ2v) is 4.45. The van der Waals surface area contributed by atoms with Crippen molar-refractivity contribution in [2.75, 3.05) is 6.61 Å². The fourth-order valence-corrected chi connectivity index (χ4v) is 1.79.